The van der Waals surface area contributed by atoms with Crippen LogP contribution in [0.2, 0.25) is 5.02 Å². The van der Waals surface area contributed by atoms with Gasteiger partial charge in [0, 0.05) is 18.3 Å². The number of piperidine rings is 1. The third-order valence-electron chi connectivity index (χ3n) is 3.73. The third kappa shape index (κ3) is 3.80. The Morgan fingerprint density at radius 3 is 2.85 bits per heavy atom. The first-order valence-corrected chi connectivity index (χ1v) is 7.37. The van der Waals surface area contributed by atoms with Crippen LogP contribution in [0.15, 0.2) is 18.2 Å². The fourth-order valence-electron chi connectivity index (χ4n) is 2.76. The summed E-state index contributed by atoms with van der Waals surface area (Å²) in [6.07, 6.45) is 5.57. The van der Waals surface area contributed by atoms with Gasteiger partial charge in [0.2, 0.25) is 0 Å². The first-order chi connectivity index (χ1) is 9.13. The zero-order valence-corrected chi connectivity index (χ0v) is 13.3. The molecule has 0 aliphatic carbocycles. The van der Waals surface area contributed by atoms with Crippen molar-refractivity contribution in [3.63, 3.8) is 0 Å². The summed E-state index contributed by atoms with van der Waals surface area (Å²) in [6, 6.07) is 5.48. The van der Waals surface area contributed by atoms with E-state index >= 15 is 0 Å². The molecule has 112 valence electrons. The summed E-state index contributed by atoms with van der Waals surface area (Å²) in [5.41, 5.74) is 6.83. The number of anilines is 1. The molecule has 2 N–H and O–H groups in total. The van der Waals surface area contributed by atoms with Crippen LogP contribution in [0.25, 0.3) is 0 Å². The van der Waals surface area contributed by atoms with Crippen LogP contribution in [-0.2, 0) is 0 Å². The van der Waals surface area contributed by atoms with Crippen molar-refractivity contribution in [1.29, 1.82) is 0 Å². The van der Waals surface area contributed by atoms with E-state index in [1.165, 1.54) is 6.42 Å². The molecule has 0 bridgehead atoms. The smallest absolute Gasteiger partial charge is 0.255 e. The summed E-state index contributed by atoms with van der Waals surface area (Å²) < 4.78 is 0. The molecular formula is C15H22Cl2N2O. The lowest BCUT2D eigenvalue weighted by Crippen LogP contribution is -2.43. The molecule has 3 nitrogen and oxygen atoms in total. The van der Waals surface area contributed by atoms with Gasteiger partial charge in [0.05, 0.1) is 10.6 Å². The van der Waals surface area contributed by atoms with E-state index in [-0.39, 0.29) is 18.3 Å². The predicted molar refractivity (Wildman–Crippen MR) is 86.7 cm³/mol. The van der Waals surface area contributed by atoms with Crippen LogP contribution in [-0.4, -0.2) is 23.4 Å². The summed E-state index contributed by atoms with van der Waals surface area (Å²) in [6.45, 7) is 3.00. The van der Waals surface area contributed by atoms with Crippen LogP contribution in [0.1, 0.15) is 49.4 Å². The van der Waals surface area contributed by atoms with E-state index < -0.39 is 0 Å². The molecule has 1 fully saturated rings. The molecule has 1 aromatic carbocycles. The molecule has 0 radical (unpaired) electrons. The van der Waals surface area contributed by atoms with E-state index in [4.69, 9.17) is 17.3 Å². The average Bonchev–Trinajstić information content (AvgIpc) is 2.39. The molecule has 1 aliphatic heterocycles. The number of halogens is 2. The number of nitrogens with zero attached hydrogens (tertiary/aromatic N) is 1. The van der Waals surface area contributed by atoms with Crippen molar-refractivity contribution in [3.05, 3.63) is 28.8 Å². The summed E-state index contributed by atoms with van der Waals surface area (Å²) in [5.74, 6) is 0.0446. The van der Waals surface area contributed by atoms with E-state index in [2.05, 4.69) is 6.92 Å². The lowest BCUT2D eigenvalue weighted by atomic mass is 9.97. The average molecular weight is 317 g/mol. The van der Waals surface area contributed by atoms with Crippen LogP contribution < -0.4 is 5.73 Å². The maximum Gasteiger partial charge on any atom is 0.255 e. The Hall–Kier alpha value is -0.930. The zero-order valence-electron chi connectivity index (χ0n) is 11.8. The minimum Gasteiger partial charge on any atom is -0.399 e. The van der Waals surface area contributed by atoms with E-state index in [9.17, 15) is 4.79 Å². The van der Waals surface area contributed by atoms with Gasteiger partial charge in [-0.3, -0.25) is 4.79 Å². The molecule has 1 unspecified atom stereocenters. The number of carbonyl (C=O) groups is 1. The Bertz CT molecular complexity index is 463. The summed E-state index contributed by atoms with van der Waals surface area (Å²) in [4.78, 5) is 14.6. The van der Waals surface area contributed by atoms with Crippen molar-refractivity contribution in [2.24, 2.45) is 0 Å². The monoisotopic (exact) mass is 316 g/mol. The molecular weight excluding hydrogens is 295 g/mol. The SMILES string of the molecule is CCCC1CCCCN1C(=O)c1ccc(N)cc1Cl.Cl. The van der Waals surface area contributed by atoms with Gasteiger partial charge in [-0.15, -0.1) is 12.4 Å². The second-order valence-electron chi connectivity index (χ2n) is 5.18. The van der Waals surface area contributed by atoms with E-state index in [1.54, 1.807) is 18.2 Å². The minimum atomic E-state index is 0. The fourth-order valence-corrected chi connectivity index (χ4v) is 3.03. The van der Waals surface area contributed by atoms with E-state index in [0.717, 1.165) is 32.2 Å². The Kier molecular flexibility index (Phi) is 6.63. The molecule has 2 rings (SSSR count). The summed E-state index contributed by atoms with van der Waals surface area (Å²) in [7, 11) is 0. The number of nitrogens with two attached hydrogens (primary N) is 1. The number of likely N-dealkylation sites (tertiary alicyclic amines) is 1. The van der Waals surface area contributed by atoms with Crippen LogP contribution in [0.3, 0.4) is 0 Å². The van der Waals surface area contributed by atoms with Crippen molar-refractivity contribution in [1.82, 2.24) is 4.90 Å². The highest BCUT2D eigenvalue weighted by molar-refractivity contribution is 6.34. The van der Waals surface area contributed by atoms with Crippen LogP contribution >= 0.6 is 24.0 Å². The van der Waals surface area contributed by atoms with Crippen molar-refractivity contribution >= 4 is 35.6 Å². The summed E-state index contributed by atoms with van der Waals surface area (Å²) in [5, 5.41) is 0.450. The number of amides is 1. The minimum absolute atomic E-state index is 0. The third-order valence-corrected chi connectivity index (χ3v) is 4.05. The Labute approximate surface area is 131 Å². The van der Waals surface area contributed by atoms with Gasteiger partial charge in [0.25, 0.3) is 5.91 Å². The van der Waals surface area contributed by atoms with Crippen molar-refractivity contribution in [2.75, 3.05) is 12.3 Å². The van der Waals surface area contributed by atoms with E-state index in [0.29, 0.717) is 22.3 Å². The fraction of sp³-hybridized carbons (Fsp3) is 0.533. The lowest BCUT2D eigenvalue weighted by Gasteiger charge is -2.36. The molecule has 1 heterocycles. The van der Waals surface area contributed by atoms with Gasteiger partial charge in [-0.1, -0.05) is 24.9 Å². The van der Waals surface area contributed by atoms with Gasteiger partial charge in [0.1, 0.15) is 0 Å². The molecule has 0 saturated carbocycles. The van der Waals surface area contributed by atoms with Gasteiger partial charge in [0.15, 0.2) is 0 Å². The highest BCUT2D eigenvalue weighted by Crippen LogP contribution is 2.26. The van der Waals surface area contributed by atoms with Crippen LogP contribution in [0.5, 0.6) is 0 Å². The Balaban J connectivity index is 0.00000200. The van der Waals surface area contributed by atoms with Gasteiger partial charge in [-0.05, 0) is 43.9 Å². The molecule has 0 spiro atoms. The second kappa shape index (κ2) is 7.75. The molecule has 1 aromatic rings. The molecule has 0 aromatic heterocycles. The maximum absolute atomic E-state index is 12.6. The second-order valence-corrected chi connectivity index (χ2v) is 5.58. The number of benzene rings is 1. The molecule has 5 heteroatoms. The van der Waals surface area contributed by atoms with Gasteiger partial charge < -0.3 is 10.6 Å². The quantitative estimate of drug-likeness (QED) is 0.852. The molecule has 1 saturated heterocycles. The largest absolute Gasteiger partial charge is 0.399 e. The summed E-state index contributed by atoms with van der Waals surface area (Å²) >= 11 is 6.14. The first-order valence-electron chi connectivity index (χ1n) is 6.99. The predicted octanol–water partition coefficient (Wildman–Crippen LogP) is 4.14. The normalized spacial score (nSPS) is 18.5. The first kappa shape index (κ1) is 17.1. The van der Waals surface area contributed by atoms with E-state index in [1.807, 2.05) is 4.90 Å². The Morgan fingerprint density at radius 1 is 1.45 bits per heavy atom. The number of carbonyl (C=O) groups excluding carboxylic acids is 1. The number of nitrogen functional groups attached to an aromatic ring is 1. The zero-order chi connectivity index (χ0) is 13.8. The van der Waals surface area contributed by atoms with Crippen molar-refractivity contribution < 1.29 is 4.79 Å². The standard InChI is InChI=1S/C15H21ClN2O.ClH/c1-2-5-12-6-3-4-9-18(12)15(19)13-8-7-11(17)10-14(13)16;/h7-8,10,12H,2-6,9,17H2,1H3;1H. The van der Waals surface area contributed by atoms with Crippen molar-refractivity contribution in [3.8, 4) is 0 Å². The van der Waals surface area contributed by atoms with Gasteiger partial charge in [-0.25, -0.2) is 0 Å². The molecule has 1 atom stereocenters. The Morgan fingerprint density at radius 2 is 2.20 bits per heavy atom. The van der Waals surface area contributed by atoms with Gasteiger partial charge >= 0.3 is 0 Å². The molecule has 1 aliphatic rings. The van der Waals surface area contributed by atoms with Crippen LogP contribution in [0.4, 0.5) is 5.69 Å². The highest BCUT2D eigenvalue weighted by atomic mass is 35.5. The molecule has 20 heavy (non-hydrogen) atoms. The number of hydrogen-bond acceptors (Lipinski definition) is 2. The number of rotatable bonds is 3. The van der Waals surface area contributed by atoms with Crippen molar-refractivity contribution in [2.45, 2.75) is 45.1 Å². The number of hydrogen-bond donors (Lipinski definition) is 1. The molecule has 1 amide bonds. The highest BCUT2D eigenvalue weighted by Gasteiger charge is 2.27. The maximum atomic E-state index is 12.6. The lowest BCUT2D eigenvalue weighted by molar-refractivity contribution is 0.0601. The van der Waals surface area contributed by atoms with Gasteiger partial charge in [-0.2, -0.15) is 0 Å². The topological polar surface area (TPSA) is 46.3 Å². The van der Waals surface area contributed by atoms with Crippen LogP contribution in [0, 0.1) is 0 Å².